The highest BCUT2D eigenvalue weighted by molar-refractivity contribution is 5.83. The Morgan fingerprint density at radius 2 is 2.58 bits per heavy atom. The predicted octanol–water partition coefficient (Wildman–Crippen LogP) is 1.16. The van der Waals surface area contributed by atoms with Gasteiger partial charge in [-0.15, -0.1) is 0 Å². The maximum atomic E-state index is 10.5. The Labute approximate surface area is 70.2 Å². The first-order chi connectivity index (χ1) is 5.75. The van der Waals surface area contributed by atoms with Crippen LogP contribution in [-0.2, 0) is 6.54 Å². The highest BCUT2D eigenvalue weighted by Crippen LogP contribution is 1.97. The molecule has 0 saturated heterocycles. The summed E-state index contributed by atoms with van der Waals surface area (Å²) in [6.45, 7) is 2.44. The zero-order chi connectivity index (χ0) is 8.97. The van der Waals surface area contributed by atoms with E-state index >= 15 is 0 Å². The molecular formula is C8H10N2O2. The van der Waals surface area contributed by atoms with E-state index in [1.54, 1.807) is 10.8 Å². The van der Waals surface area contributed by atoms with E-state index in [2.05, 4.69) is 4.98 Å². The maximum Gasteiger partial charge on any atom is 0.372 e. The van der Waals surface area contributed by atoms with Crippen LogP contribution >= 0.6 is 0 Å². The Kier molecular flexibility index (Phi) is 2.63. The van der Waals surface area contributed by atoms with Crippen molar-refractivity contribution < 1.29 is 9.90 Å². The lowest BCUT2D eigenvalue weighted by Crippen LogP contribution is -2.08. The Morgan fingerprint density at radius 3 is 3.17 bits per heavy atom. The van der Waals surface area contributed by atoms with E-state index in [1.807, 2.05) is 19.1 Å². The van der Waals surface area contributed by atoms with Gasteiger partial charge in [0.05, 0.1) is 0 Å². The predicted molar refractivity (Wildman–Crippen MR) is 44.0 cm³/mol. The minimum atomic E-state index is -0.996. The molecule has 0 aliphatic rings. The fourth-order valence-electron chi connectivity index (χ4n) is 0.874. The maximum absolute atomic E-state index is 10.5. The Balaban J connectivity index is 2.84. The van der Waals surface area contributed by atoms with Crippen LogP contribution in [0, 0.1) is 0 Å². The van der Waals surface area contributed by atoms with Gasteiger partial charge in [0.2, 0.25) is 5.82 Å². The van der Waals surface area contributed by atoms with Gasteiger partial charge in [-0.2, -0.15) is 0 Å². The highest BCUT2D eigenvalue weighted by atomic mass is 16.4. The summed E-state index contributed by atoms with van der Waals surface area (Å²) in [6.07, 6.45) is 6.86. The van der Waals surface area contributed by atoms with Gasteiger partial charge in [-0.05, 0) is 6.92 Å². The number of aromatic carboxylic acids is 1. The van der Waals surface area contributed by atoms with E-state index in [0.717, 1.165) is 0 Å². The molecule has 12 heavy (non-hydrogen) atoms. The molecule has 0 atom stereocenters. The van der Waals surface area contributed by atoms with Gasteiger partial charge >= 0.3 is 5.97 Å². The third-order valence-corrected chi connectivity index (χ3v) is 1.44. The van der Waals surface area contributed by atoms with Crippen molar-refractivity contribution >= 4 is 5.97 Å². The van der Waals surface area contributed by atoms with Crippen LogP contribution < -0.4 is 0 Å². The molecule has 0 bridgehead atoms. The summed E-state index contributed by atoms with van der Waals surface area (Å²) in [5.74, 6) is -0.919. The van der Waals surface area contributed by atoms with Crippen molar-refractivity contribution in [3.63, 3.8) is 0 Å². The molecule has 1 aromatic heterocycles. The highest BCUT2D eigenvalue weighted by Gasteiger charge is 2.08. The minimum absolute atomic E-state index is 0.0769. The number of hydrogen-bond acceptors (Lipinski definition) is 2. The largest absolute Gasteiger partial charge is 0.475 e. The number of allylic oxidation sites excluding steroid dienone is 2. The smallest absolute Gasteiger partial charge is 0.372 e. The van der Waals surface area contributed by atoms with Crippen LogP contribution in [0.15, 0.2) is 24.5 Å². The molecule has 0 aliphatic heterocycles. The van der Waals surface area contributed by atoms with Gasteiger partial charge < -0.3 is 9.67 Å². The summed E-state index contributed by atoms with van der Waals surface area (Å²) in [4.78, 5) is 14.2. The van der Waals surface area contributed by atoms with E-state index in [0.29, 0.717) is 6.54 Å². The van der Waals surface area contributed by atoms with Gasteiger partial charge in [0, 0.05) is 18.9 Å². The van der Waals surface area contributed by atoms with Crippen LogP contribution in [0.5, 0.6) is 0 Å². The SMILES string of the molecule is C/C=C/Cn1ccnc1C(=O)O. The van der Waals surface area contributed by atoms with Crippen LogP contribution in [-0.4, -0.2) is 20.6 Å². The van der Waals surface area contributed by atoms with Gasteiger partial charge in [-0.25, -0.2) is 9.78 Å². The van der Waals surface area contributed by atoms with Crippen molar-refractivity contribution in [2.24, 2.45) is 0 Å². The lowest BCUT2D eigenvalue weighted by Gasteiger charge is -1.98. The number of imidazole rings is 1. The van der Waals surface area contributed by atoms with E-state index in [9.17, 15) is 4.79 Å². The van der Waals surface area contributed by atoms with Crippen molar-refractivity contribution in [2.45, 2.75) is 13.5 Å². The molecule has 0 radical (unpaired) electrons. The van der Waals surface area contributed by atoms with Crippen molar-refractivity contribution in [2.75, 3.05) is 0 Å². The van der Waals surface area contributed by atoms with Gasteiger partial charge in [-0.1, -0.05) is 12.2 Å². The van der Waals surface area contributed by atoms with E-state index in [-0.39, 0.29) is 5.82 Å². The fraction of sp³-hybridized carbons (Fsp3) is 0.250. The molecule has 64 valence electrons. The number of carboxylic acid groups (broad SMARTS) is 1. The molecule has 0 unspecified atom stereocenters. The molecule has 0 amide bonds. The van der Waals surface area contributed by atoms with E-state index in [1.165, 1.54) is 6.20 Å². The number of rotatable bonds is 3. The first-order valence-corrected chi connectivity index (χ1v) is 3.61. The van der Waals surface area contributed by atoms with Crippen molar-refractivity contribution in [1.29, 1.82) is 0 Å². The summed E-state index contributed by atoms with van der Waals surface area (Å²) in [5.41, 5.74) is 0. The average molecular weight is 166 g/mol. The number of carboxylic acids is 1. The van der Waals surface area contributed by atoms with Crippen LogP contribution in [0.1, 0.15) is 17.5 Å². The van der Waals surface area contributed by atoms with Crippen LogP contribution in [0.25, 0.3) is 0 Å². The van der Waals surface area contributed by atoms with Gasteiger partial charge in [0.25, 0.3) is 0 Å². The molecule has 1 heterocycles. The Morgan fingerprint density at radius 1 is 1.83 bits per heavy atom. The second-order valence-electron chi connectivity index (χ2n) is 2.28. The fourth-order valence-corrected chi connectivity index (χ4v) is 0.874. The van der Waals surface area contributed by atoms with Crippen molar-refractivity contribution in [3.05, 3.63) is 30.4 Å². The molecule has 4 heteroatoms. The standard InChI is InChI=1S/C8H10N2O2/c1-2-3-5-10-6-4-9-7(10)8(11)12/h2-4,6H,5H2,1H3,(H,11,12)/b3-2+. The first-order valence-electron chi connectivity index (χ1n) is 3.61. The molecular weight excluding hydrogens is 156 g/mol. The summed E-state index contributed by atoms with van der Waals surface area (Å²) < 4.78 is 1.57. The lowest BCUT2D eigenvalue weighted by molar-refractivity contribution is 0.0679. The molecule has 4 nitrogen and oxygen atoms in total. The molecule has 1 rings (SSSR count). The number of carbonyl (C=O) groups is 1. The molecule has 0 saturated carbocycles. The second kappa shape index (κ2) is 3.71. The molecule has 0 aliphatic carbocycles. The topological polar surface area (TPSA) is 55.1 Å². The number of hydrogen-bond donors (Lipinski definition) is 1. The Bertz CT molecular complexity index is 302. The Hall–Kier alpha value is -1.58. The zero-order valence-corrected chi connectivity index (χ0v) is 6.77. The first kappa shape index (κ1) is 8.52. The normalized spacial score (nSPS) is 10.8. The van der Waals surface area contributed by atoms with E-state index < -0.39 is 5.97 Å². The molecule has 0 spiro atoms. The second-order valence-corrected chi connectivity index (χ2v) is 2.28. The summed E-state index contributed by atoms with van der Waals surface area (Å²) >= 11 is 0. The third kappa shape index (κ3) is 1.72. The quantitative estimate of drug-likeness (QED) is 0.685. The average Bonchev–Trinajstić information content (AvgIpc) is 2.48. The third-order valence-electron chi connectivity index (χ3n) is 1.44. The van der Waals surface area contributed by atoms with Gasteiger partial charge in [-0.3, -0.25) is 0 Å². The number of nitrogens with zero attached hydrogens (tertiary/aromatic N) is 2. The summed E-state index contributed by atoms with van der Waals surface area (Å²) in [7, 11) is 0. The van der Waals surface area contributed by atoms with Crippen molar-refractivity contribution in [1.82, 2.24) is 9.55 Å². The molecule has 0 fully saturated rings. The molecule has 1 N–H and O–H groups in total. The van der Waals surface area contributed by atoms with Crippen LogP contribution in [0.4, 0.5) is 0 Å². The van der Waals surface area contributed by atoms with Crippen molar-refractivity contribution in [3.8, 4) is 0 Å². The summed E-state index contributed by atoms with van der Waals surface area (Å²) in [5, 5.41) is 8.65. The van der Waals surface area contributed by atoms with Gasteiger partial charge in [0.15, 0.2) is 0 Å². The lowest BCUT2D eigenvalue weighted by atomic mass is 10.5. The van der Waals surface area contributed by atoms with Crippen LogP contribution in [0.2, 0.25) is 0 Å². The number of aromatic nitrogens is 2. The van der Waals surface area contributed by atoms with Gasteiger partial charge in [0.1, 0.15) is 0 Å². The van der Waals surface area contributed by atoms with Crippen LogP contribution in [0.3, 0.4) is 0 Å². The summed E-state index contributed by atoms with van der Waals surface area (Å²) in [6, 6.07) is 0. The minimum Gasteiger partial charge on any atom is -0.475 e. The monoisotopic (exact) mass is 166 g/mol. The van der Waals surface area contributed by atoms with E-state index in [4.69, 9.17) is 5.11 Å². The molecule has 0 aromatic carbocycles. The molecule has 1 aromatic rings. The zero-order valence-electron chi connectivity index (χ0n) is 6.77.